The molecule has 0 saturated heterocycles. The van der Waals surface area contributed by atoms with Crippen molar-refractivity contribution in [2.24, 2.45) is 0 Å². The summed E-state index contributed by atoms with van der Waals surface area (Å²) in [5, 5.41) is 0. The Morgan fingerprint density at radius 2 is 2.06 bits per heavy atom. The van der Waals surface area contributed by atoms with Gasteiger partial charge in [0.25, 0.3) is 0 Å². The molecule has 17 heavy (non-hydrogen) atoms. The summed E-state index contributed by atoms with van der Waals surface area (Å²) >= 11 is 0. The Morgan fingerprint density at radius 1 is 1.24 bits per heavy atom. The van der Waals surface area contributed by atoms with Crippen molar-refractivity contribution in [3.8, 4) is 0 Å². The monoisotopic (exact) mass is 226 g/mol. The van der Waals surface area contributed by atoms with E-state index in [0.29, 0.717) is 12.0 Å². The zero-order chi connectivity index (χ0) is 11.4. The van der Waals surface area contributed by atoms with Crippen LogP contribution in [0, 0.1) is 0 Å². The van der Waals surface area contributed by atoms with Crippen LogP contribution in [-0.2, 0) is 0 Å². The van der Waals surface area contributed by atoms with Gasteiger partial charge in [0, 0.05) is 17.5 Å². The summed E-state index contributed by atoms with van der Waals surface area (Å²) in [6.07, 6.45) is 5.95. The van der Waals surface area contributed by atoms with Gasteiger partial charge >= 0.3 is 0 Å². The van der Waals surface area contributed by atoms with Crippen molar-refractivity contribution in [1.82, 2.24) is 9.55 Å². The molecule has 3 nitrogen and oxygen atoms in total. The number of hydrogen-bond donors (Lipinski definition) is 0. The third kappa shape index (κ3) is 1.35. The number of carbonyl (C=O) groups excluding carboxylic acids is 1. The van der Waals surface area contributed by atoms with Crippen molar-refractivity contribution in [3.05, 3.63) is 29.6 Å². The SMILES string of the molecule is O=Cc1cccc2c1nc(C1CC1)n2C1CC1. The van der Waals surface area contributed by atoms with Gasteiger partial charge in [-0.3, -0.25) is 4.79 Å². The van der Waals surface area contributed by atoms with E-state index in [1.165, 1.54) is 31.5 Å². The molecule has 2 aromatic rings. The van der Waals surface area contributed by atoms with Crippen LogP contribution in [-0.4, -0.2) is 15.8 Å². The molecule has 0 spiro atoms. The van der Waals surface area contributed by atoms with E-state index in [4.69, 9.17) is 4.98 Å². The maximum absolute atomic E-state index is 11.1. The smallest absolute Gasteiger partial charge is 0.152 e. The Hall–Kier alpha value is -1.64. The summed E-state index contributed by atoms with van der Waals surface area (Å²) < 4.78 is 2.39. The summed E-state index contributed by atoms with van der Waals surface area (Å²) in [4.78, 5) is 15.8. The van der Waals surface area contributed by atoms with E-state index in [2.05, 4.69) is 10.6 Å². The highest BCUT2D eigenvalue weighted by molar-refractivity contribution is 5.94. The van der Waals surface area contributed by atoms with Crippen molar-refractivity contribution in [1.29, 1.82) is 0 Å². The molecular weight excluding hydrogens is 212 g/mol. The molecular formula is C14H14N2O. The van der Waals surface area contributed by atoms with E-state index in [1.807, 2.05) is 12.1 Å². The van der Waals surface area contributed by atoms with Crippen LogP contribution in [0.5, 0.6) is 0 Å². The van der Waals surface area contributed by atoms with Gasteiger partial charge in [-0.25, -0.2) is 4.98 Å². The van der Waals surface area contributed by atoms with Crippen molar-refractivity contribution in [2.75, 3.05) is 0 Å². The number of rotatable bonds is 3. The molecule has 86 valence electrons. The van der Waals surface area contributed by atoms with E-state index in [9.17, 15) is 4.79 Å². The van der Waals surface area contributed by atoms with E-state index < -0.39 is 0 Å². The quantitative estimate of drug-likeness (QED) is 0.754. The summed E-state index contributed by atoms with van der Waals surface area (Å²) in [6, 6.07) is 6.55. The Balaban J connectivity index is 2.03. The lowest BCUT2D eigenvalue weighted by atomic mass is 10.2. The van der Waals surface area contributed by atoms with Gasteiger partial charge in [0.05, 0.1) is 11.0 Å². The van der Waals surface area contributed by atoms with Crippen molar-refractivity contribution < 1.29 is 4.79 Å². The number of benzene rings is 1. The molecule has 4 rings (SSSR count). The first-order valence-corrected chi connectivity index (χ1v) is 6.34. The Morgan fingerprint density at radius 3 is 2.71 bits per heavy atom. The maximum atomic E-state index is 11.1. The maximum Gasteiger partial charge on any atom is 0.152 e. The minimum absolute atomic E-state index is 0.637. The van der Waals surface area contributed by atoms with E-state index >= 15 is 0 Å². The normalized spacial score (nSPS) is 19.8. The van der Waals surface area contributed by atoms with Gasteiger partial charge in [-0.1, -0.05) is 6.07 Å². The fourth-order valence-corrected chi connectivity index (χ4v) is 2.60. The molecule has 1 aromatic carbocycles. The first-order chi connectivity index (χ1) is 8.38. The average molecular weight is 226 g/mol. The summed E-state index contributed by atoms with van der Waals surface area (Å²) in [5.74, 6) is 1.86. The number of imidazole rings is 1. The van der Waals surface area contributed by atoms with Crippen molar-refractivity contribution in [3.63, 3.8) is 0 Å². The number of nitrogens with zero attached hydrogens (tertiary/aromatic N) is 2. The van der Waals surface area contributed by atoms with Crippen LogP contribution in [0.1, 0.15) is 53.8 Å². The highest BCUT2D eigenvalue weighted by Crippen LogP contribution is 2.46. The number of hydrogen-bond acceptors (Lipinski definition) is 2. The summed E-state index contributed by atoms with van der Waals surface area (Å²) in [6.45, 7) is 0. The predicted molar refractivity (Wildman–Crippen MR) is 65.4 cm³/mol. The third-order valence-corrected chi connectivity index (χ3v) is 3.76. The Kier molecular flexibility index (Phi) is 1.76. The Bertz CT molecular complexity index is 606. The van der Waals surface area contributed by atoms with Crippen LogP contribution in [0.15, 0.2) is 18.2 Å². The molecule has 2 saturated carbocycles. The highest BCUT2D eigenvalue weighted by atomic mass is 16.1. The minimum Gasteiger partial charge on any atom is -0.325 e. The molecule has 0 bridgehead atoms. The van der Waals surface area contributed by atoms with Crippen molar-refractivity contribution >= 4 is 17.3 Å². The lowest BCUT2D eigenvalue weighted by Crippen LogP contribution is -1.99. The second kappa shape index (κ2) is 3.19. The highest BCUT2D eigenvalue weighted by Gasteiger charge is 2.35. The fourth-order valence-electron chi connectivity index (χ4n) is 2.60. The number of aldehydes is 1. The first kappa shape index (κ1) is 9.40. The van der Waals surface area contributed by atoms with E-state index in [1.54, 1.807) is 0 Å². The zero-order valence-electron chi connectivity index (χ0n) is 9.60. The molecule has 3 heteroatoms. The van der Waals surface area contributed by atoms with Gasteiger partial charge in [0.15, 0.2) is 6.29 Å². The largest absolute Gasteiger partial charge is 0.325 e. The van der Waals surface area contributed by atoms with Gasteiger partial charge in [-0.2, -0.15) is 0 Å². The first-order valence-electron chi connectivity index (χ1n) is 6.34. The molecule has 2 aliphatic carbocycles. The lowest BCUT2D eigenvalue weighted by molar-refractivity contribution is 0.112. The number of aromatic nitrogens is 2. The van der Waals surface area contributed by atoms with E-state index in [-0.39, 0.29) is 0 Å². The number of para-hydroxylation sites is 1. The van der Waals surface area contributed by atoms with Crippen LogP contribution in [0.25, 0.3) is 11.0 Å². The van der Waals surface area contributed by atoms with Gasteiger partial charge in [-0.05, 0) is 37.8 Å². The van der Waals surface area contributed by atoms with Gasteiger partial charge in [-0.15, -0.1) is 0 Å². The molecule has 0 radical (unpaired) electrons. The zero-order valence-corrected chi connectivity index (χ0v) is 9.60. The second-order valence-electron chi connectivity index (χ2n) is 5.18. The van der Waals surface area contributed by atoms with Crippen molar-refractivity contribution in [2.45, 2.75) is 37.6 Å². The molecule has 0 N–H and O–H groups in total. The van der Waals surface area contributed by atoms with E-state index in [0.717, 1.165) is 22.9 Å². The fraction of sp³-hybridized carbons (Fsp3) is 0.429. The molecule has 2 aliphatic rings. The van der Waals surface area contributed by atoms with Crippen LogP contribution in [0.3, 0.4) is 0 Å². The summed E-state index contributed by atoms with van der Waals surface area (Å²) in [7, 11) is 0. The van der Waals surface area contributed by atoms with Crippen LogP contribution < -0.4 is 0 Å². The molecule has 0 unspecified atom stereocenters. The predicted octanol–water partition coefficient (Wildman–Crippen LogP) is 3.06. The van der Waals surface area contributed by atoms with Crippen LogP contribution in [0.4, 0.5) is 0 Å². The lowest BCUT2D eigenvalue weighted by Gasteiger charge is -2.05. The van der Waals surface area contributed by atoms with Crippen LogP contribution in [0.2, 0.25) is 0 Å². The topological polar surface area (TPSA) is 34.9 Å². The molecule has 2 fully saturated rings. The average Bonchev–Trinajstić information content (AvgIpc) is 3.24. The third-order valence-electron chi connectivity index (χ3n) is 3.76. The molecule has 0 aliphatic heterocycles. The minimum atomic E-state index is 0.637. The van der Waals surface area contributed by atoms with Gasteiger partial charge in [0.2, 0.25) is 0 Å². The number of fused-ring (bicyclic) bond motifs is 1. The molecule has 1 heterocycles. The Labute approximate surface area is 99.5 Å². The number of carbonyl (C=O) groups is 1. The van der Waals surface area contributed by atoms with Gasteiger partial charge in [0.1, 0.15) is 5.82 Å². The standard InChI is InChI=1S/C14H14N2O/c17-8-10-2-1-3-12-13(10)15-14(9-4-5-9)16(12)11-6-7-11/h1-3,8-9,11H,4-7H2. The molecule has 0 amide bonds. The molecule has 0 atom stereocenters. The molecule has 1 aromatic heterocycles. The second-order valence-corrected chi connectivity index (χ2v) is 5.18. The summed E-state index contributed by atoms with van der Waals surface area (Å²) in [5.41, 5.74) is 2.78. The van der Waals surface area contributed by atoms with Crippen LogP contribution >= 0.6 is 0 Å². The van der Waals surface area contributed by atoms with Gasteiger partial charge < -0.3 is 4.57 Å².